The lowest BCUT2D eigenvalue weighted by molar-refractivity contribution is 0.0560. The maximum absolute atomic E-state index is 11.9. The van der Waals surface area contributed by atoms with Crippen LogP contribution in [-0.2, 0) is 6.54 Å². The van der Waals surface area contributed by atoms with E-state index in [2.05, 4.69) is 15.6 Å². The molecule has 1 aromatic rings. The average Bonchev–Trinajstić information content (AvgIpc) is 2.95. The maximum Gasteiger partial charge on any atom is 0.270 e. The van der Waals surface area contributed by atoms with Gasteiger partial charge in [0.2, 0.25) is 0 Å². The Hall–Kier alpha value is -1.02. The Kier molecular flexibility index (Phi) is 4.51. The van der Waals surface area contributed by atoms with Crippen molar-refractivity contribution in [1.82, 2.24) is 20.5 Å². The van der Waals surface area contributed by atoms with Crippen LogP contribution in [-0.4, -0.2) is 60.2 Å². The first-order valence-electron chi connectivity index (χ1n) is 6.29. The number of nitrogens with one attached hydrogen (secondary N) is 2. The normalized spacial score (nSPS) is 22.9. The molecule has 0 aromatic carbocycles. The zero-order valence-electron chi connectivity index (χ0n) is 11.3. The molecule has 0 spiro atoms. The van der Waals surface area contributed by atoms with Crippen molar-refractivity contribution in [2.75, 3.05) is 33.7 Å². The van der Waals surface area contributed by atoms with Crippen molar-refractivity contribution in [1.29, 1.82) is 0 Å². The molecule has 0 saturated carbocycles. The minimum absolute atomic E-state index is 0.221. The number of β-amino-alcohol motifs (C(OH)–C–C–N with tert-alkyl or cyclic N) is 1. The van der Waals surface area contributed by atoms with E-state index in [0.717, 1.165) is 18.1 Å². The van der Waals surface area contributed by atoms with Crippen molar-refractivity contribution in [2.24, 2.45) is 0 Å². The van der Waals surface area contributed by atoms with E-state index in [1.165, 1.54) is 11.3 Å². The summed E-state index contributed by atoms with van der Waals surface area (Å²) in [5, 5.41) is 18.6. The Morgan fingerprint density at radius 2 is 2.47 bits per heavy atom. The highest BCUT2D eigenvalue weighted by Gasteiger charge is 2.31. The lowest BCUT2D eigenvalue weighted by atomic mass is 10.0. The maximum atomic E-state index is 11.9. The number of aromatic nitrogens is 1. The molecular formula is C12H20N4O2S. The summed E-state index contributed by atoms with van der Waals surface area (Å²) in [7, 11) is 3.92. The highest BCUT2D eigenvalue weighted by molar-refractivity contribution is 7.09. The van der Waals surface area contributed by atoms with E-state index >= 15 is 0 Å². The van der Waals surface area contributed by atoms with Crippen LogP contribution in [0.4, 0.5) is 0 Å². The largest absolute Gasteiger partial charge is 0.387 e. The Labute approximate surface area is 116 Å². The van der Waals surface area contributed by atoms with Crippen molar-refractivity contribution in [3.63, 3.8) is 0 Å². The topological polar surface area (TPSA) is 77.5 Å². The summed E-state index contributed by atoms with van der Waals surface area (Å²) in [4.78, 5) is 18.2. The Morgan fingerprint density at radius 3 is 3.11 bits per heavy atom. The van der Waals surface area contributed by atoms with Crippen LogP contribution in [0, 0.1) is 0 Å². The van der Waals surface area contributed by atoms with E-state index in [-0.39, 0.29) is 12.5 Å². The first-order chi connectivity index (χ1) is 8.98. The fraction of sp³-hybridized carbons (Fsp3) is 0.667. The standard InChI is InChI=1S/C12H20N4O2S/c1-16(2)5-10-15-9(6-19-10)11(17)14-8-12(18)3-4-13-7-12/h6,13,18H,3-5,7-8H2,1-2H3,(H,14,17)/t12-/m0/s1. The molecule has 19 heavy (non-hydrogen) atoms. The monoisotopic (exact) mass is 284 g/mol. The van der Waals surface area contributed by atoms with Crippen molar-refractivity contribution in [3.05, 3.63) is 16.1 Å². The second-order valence-corrected chi connectivity index (χ2v) is 6.14. The van der Waals surface area contributed by atoms with Crippen LogP contribution in [0.2, 0.25) is 0 Å². The van der Waals surface area contributed by atoms with E-state index in [1.807, 2.05) is 19.0 Å². The van der Waals surface area contributed by atoms with Crippen LogP contribution in [0.15, 0.2) is 5.38 Å². The Morgan fingerprint density at radius 1 is 1.68 bits per heavy atom. The van der Waals surface area contributed by atoms with Gasteiger partial charge in [-0.1, -0.05) is 0 Å². The number of hydrogen-bond acceptors (Lipinski definition) is 6. The summed E-state index contributed by atoms with van der Waals surface area (Å²) in [6, 6.07) is 0. The van der Waals surface area contributed by atoms with E-state index in [9.17, 15) is 9.90 Å². The average molecular weight is 284 g/mol. The smallest absolute Gasteiger partial charge is 0.270 e. The molecule has 1 amide bonds. The molecule has 1 saturated heterocycles. The van der Waals surface area contributed by atoms with Gasteiger partial charge in [-0.25, -0.2) is 4.98 Å². The fourth-order valence-electron chi connectivity index (χ4n) is 1.98. The Bertz CT molecular complexity index is 441. The molecule has 0 aliphatic carbocycles. The van der Waals surface area contributed by atoms with Gasteiger partial charge < -0.3 is 20.6 Å². The molecule has 1 fully saturated rings. The molecule has 1 atom stereocenters. The molecule has 1 aliphatic rings. The summed E-state index contributed by atoms with van der Waals surface area (Å²) in [5.41, 5.74) is -0.394. The summed E-state index contributed by atoms with van der Waals surface area (Å²) in [6.07, 6.45) is 0.663. The summed E-state index contributed by atoms with van der Waals surface area (Å²) >= 11 is 1.47. The molecule has 6 nitrogen and oxygen atoms in total. The van der Waals surface area contributed by atoms with Crippen LogP contribution >= 0.6 is 11.3 Å². The molecule has 7 heteroatoms. The quantitative estimate of drug-likeness (QED) is 0.689. The minimum Gasteiger partial charge on any atom is -0.387 e. The molecule has 0 radical (unpaired) electrons. The highest BCUT2D eigenvalue weighted by Crippen LogP contribution is 2.14. The van der Waals surface area contributed by atoms with Gasteiger partial charge in [-0.05, 0) is 27.1 Å². The third kappa shape index (κ3) is 3.97. The number of carbonyl (C=O) groups excluding carboxylic acids is 1. The van der Waals surface area contributed by atoms with E-state index in [4.69, 9.17) is 0 Å². The third-order valence-corrected chi connectivity index (χ3v) is 3.87. The van der Waals surface area contributed by atoms with Crippen LogP contribution in [0.25, 0.3) is 0 Å². The van der Waals surface area contributed by atoms with Gasteiger partial charge in [-0.15, -0.1) is 11.3 Å². The molecule has 3 N–H and O–H groups in total. The molecule has 2 rings (SSSR count). The number of rotatable bonds is 5. The zero-order chi connectivity index (χ0) is 13.9. The number of aliphatic hydroxyl groups is 1. The van der Waals surface area contributed by atoms with Gasteiger partial charge >= 0.3 is 0 Å². The summed E-state index contributed by atoms with van der Waals surface area (Å²) in [5.74, 6) is -0.221. The number of amides is 1. The van der Waals surface area contributed by atoms with Gasteiger partial charge in [0.05, 0.1) is 5.60 Å². The highest BCUT2D eigenvalue weighted by atomic mass is 32.1. The van der Waals surface area contributed by atoms with Gasteiger partial charge in [0.25, 0.3) is 5.91 Å². The van der Waals surface area contributed by atoms with Crippen LogP contribution in [0.1, 0.15) is 21.9 Å². The molecule has 106 valence electrons. The first-order valence-corrected chi connectivity index (χ1v) is 7.17. The summed E-state index contributed by atoms with van der Waals surface area (Å²) < 4.78 is 0. The van der Waals surface area contributed by atoms with Crippen LogP contribution < -0.4 is 10.6 Å². The molecule has 1 aliphatic heterocycles. The van der Waals surface area contributed by atoms with Crippen LogP contribution in [0.3, 0.4) is 0 Å². The predicted molar refractivity (Wildman–Crippen MR) is 74.3 cm³/mol. The predicted octanol–water partition coefficient (Wildman–Crippen LogP) is -0.341. The lowest BCUT2D eigenvalue weighted by Crippen LogP contribution is -2.44. The lowest BCUT2D eigenvalue weighted by Gasteiger charge is -2.21. The van der Waals surface area contributed by atoms with Gasteiger partial charge in [0, 0.05) is 25.0 Å². The van der Waals surface area contributed by atoms with Gasteiger partial charge in [-0.2, -0.15) is 0 Å². The molecule has 2 heterocycles. The molecule has 0 unspecified atom stereocenters. The van der Waals surface area contributed by atoms with Crippen molar-refractivity contribution in [3.8, 4) is 0 Å². The van der Waals surface area contributed by atoms with Gasteiger partial charge in [0.1, 0.15) is 10.7 Å². The van der Waals surface area contributed by atoms with Gasteiger partial charge in [0.15, 0.2) is 0 Å². The second-order valence-electron chi connectivity index (χ2n) is 5.20. The van der Waals surface area contributed by atoms with Crippen LogP contribution in [0.5, 0.6) is 0 Å². The number of carbonyl (C=O) groups is 1. The zero-order valence-corrected chi connectivity index (χ0v) is 12.1. The van der Waals surface area contributed by atoms with E-state index in [1.54, 1.807) is 5.38 Å². The summed E-state index contributed by atoms with van der Waals surface area (Å²) in [6.45, 7) is 2.30. The van der Waals surface area contributed by atoms with Gasteiger partial charge in [-0.3, -0.25) is 4.79 Å². The Balaban J connectivity index is 1.87. The van der Waals surface area contributed by atoms with Crippen molar-refractivity contribution in [2.45, 2.75) is 18.6 Å². The SMILES string of the molecule is CN(C)Cc1nc(C(=O)NC[C@]2(O)CCNC2)cs1. The van der Waals surface area contributed by atoms with E-state index < -0.39 is 5.60 Å². The molecule has 0 bridgehead atoms. The fourth-order valence-corrected chi connectivity index (χ4v) is 2.87. The molecular weight excluding hydrogens is 264 g/mol. The number of nitrogens with zero attached hydrogens (tertiary/aromatic N) is 2. The second kappa shape index (κ2) is 5.96. The number of hydrogen-bond donors (Lipinski definition) is 3. The first kappa shape index (κ1) is 14.4. The third-order valence-electron chi connectivity index (χ3n) is 3.04. The van der Waals surface area contributed by atoms with E-state index in [0.29, 0.717) is 18.7 Å². The number of thiazole rings is 1. The molecule has 1 aromatic heterocycles. The van der Waals surface area contributed by atoms with Crippen molar-refractivity contribution < 1.29 is 9.90 Å². The minimum atomic E-state index is -0.821. The van der Waals surface area contributed by atoms with Crippen molar-refractivity contribution >= 4 is 17.2 Å².